The molecule has 0 bridgehead atoms. The lowest BCUT2D eigenvalue weighted by Gasteiger charge is -2.09. The molecular formula is C10H10O4. The molecule has 14 heavy (non-hydrogen) atoms. The largest absolute Gasteiger partial charge is 0.504 e. The van der Waals surface area contributed by atoms with Crippen LogP contribution in [0.3, 0.4) is 0 Å². The van der Waals surface area contributed by atoms with Crippen LogP contribution in [0.4, 0.5) is 0 Å². The van der Waals surface area contributed by atoms with E-state index in [2.05, 4.69) is 0 Å². The quantitative estimate of drug-likeness (QED) is 0.705. The molecular weight excluding hydrogens is 184 g/mol. The zero-order valence-corrected chi connectivity index (χ0v) is 7.70. The van der Waals surface area contributed by atoms with Gasteiger partial charge in [0.2, 0.25) is 5.75 Å². The number of Topliss-reactive ketones (excluding diaryl/α,β-unsaturated/α-hetero) is 1. The summed E-state index contributed by atoms with van der Waals surface area (Å²) in [7, 11) is 1.33. The van der Waals surface area contributed by atoms with Crippen molar-refractivity contribution in [2.45, 2.75) is 12.8 Å². The van der Waals surface area contributed by atoms with Crippen molar-refractivity contribution < 1.29 is 19.7 Å². The maximum atomic E-state index is 11.4. The van der Waals surface area contributed by atoms with Gasteiger partial charge in [0, 0.05) is 6.42 Å². The molecule has 0 atom stereocenters. The molecule has 0 saturated heterocycles. The number of fused-ring (bicyclic) bond motifs is 1. The molecule has 1 aromatic rings. The first-order chi connectivity index (χ1) is 6.65. The summed E-state index contributed by atoms with van der Waals surface area (Å²) in [6, 6.07) is 1.47. The number of hydrogen-bond acceptors (Lipinski definition) is 4. The van der Waals surface area contributed by atoms with Crippen molar-refractivity contribution in [3.63, 3.8) is 0 Å². The molecule has 2 rings (SSSR count). The van der Waals surface area contributed by atoms with Crippen LogP contribution < -0.4 is 4.74 Å². The van der Waals surface area contributed by atoms with Crippen LogP contribution in [0.15, 0.2) is 6.07 Å². The highest BCUT2D eigenvalue weighted by molar-refractivity contribution is 6.04. The summed E-state index contributed by atoms with van der Waals surface area (Å²) in [6.07, 6.45) is 0.953. The molecule has 1 aliphatic carbocycles. The average molecular weight is 194 g/mol. The highest BCUT2D eigenvalue weighted by Gasteiger charge is 2.27. The summed E-state index contributed by atoms with van der Waals surface area (Å²) in [6.45, 7) is 0. The molecule has 1 aromatic carbocycles. The summed E-state index contributed by atoms with van der Waals surface area (Å²) >= 11 is 0. The Morgan fingerprint density at radius 2 is 2.07 bits per heavy atom. The van der Waals surface area contributed by atoms with Gasteiger partial charge in [0.15, 0.2) is 17.3 Å². The molecule has 0 aliphatic heterocycles. The summed E-state index contributed by atoms with van der Waals surface area (Å²) in [5.74, 6) is -0.502. The van der Waals surface area contributed by atoms with Crippen molar-refractivity contribution in [1.29, 1.82) is 0 Å². The summed E-state index contributed by atoms with van der Waals surface area (Å²) in [5.41, 5.74) is 0.977. The molecule has 0 saturated carbocycles. The van der Waals surface area contributed by atoms with E-state index in [1.165, 1.54) is 13.2 Å². The van der Waals surface area contributed by atoms with Crippen LogP contribution in [0.25, 0.3) is 0 Å². The third kappa shape index (κ3) is 1.04. The molecule has 0 unspecified atom stereocenters. The molecule has 4 nitrogen and oxygen atoms in total. The van der Waals surface area contributed by atoms with Gasteiger partial charge in [-0.1, -0.05) is 0 Å². The summed E-state index contributed by atoms with van der Waals surface area (Å²) < 4.78 is 4.80. The van der Waals surface area contributed by atoms with E-state index in [4.69, 9.17) is 4.74 Å². The number of carbonyl (C=O) groups excluding carboxylic acids is 1. The van der Waals surface area contributed by atoms with E-state index >= 15 is 0 Å². The fourth-order valence-electron chi connectivity index (χ4n) is 1.77. The SMILES string of the molecule is COc1c(O)cc2c(c1O)C(=O)CC2. The highest BCUT2D eigenvalue weighted by Crippen LogP contribution is 2.43. The minimum absolute atomic E-state index is 0.0287. The first-order valence-electron chi connectivity index (χ1n) is 4.30. The first kappa shape index (κ1) is 8.87. The molecule has 0 aromatic heterocycles. The van der Waals surface area contributed by atoms with E-state index in [0.717, 1.165) is 0 Å². The lowest BCUT2D eigenvalue weighted by atomic mass is 10.1. The molecule has 0 radical (unpaired) electrons. The van der Waals surface area contributed by atoms with Gasteiger partial charge in [0.05, 0.1) is 12.7 Å². The van der Waals surface area contributed by atoms with Crippen molar-refractivity contribution in [3.8, 4) is 17.2 Å². The second kappa shape index (κ2) is 2.90. The number of carbonyl (C=O) groups is 1. The Morgan fingerprint density at radius 3 is 2.71 bits per heavy atom. The van der Waals surface area contributed by atoms with E-state index in [1.807, 2.05) is 0 Å². The highest BCUT2D eigenvalue weighted by atomic mass is 16.5. The Hall–Kier alpha value is -1.71. The minimum Gasteiger partial charge on any atom is -0.504 e. The van der Waals surface area contributed by atoms with Crippen molar-refractivity contribution in [1.82, 2.24) is 0 Å². The molecule has 0 amide bonds. The number of ketones is 1. The third-order valence-electron chi connectivity index (χ3n) is 2.42. The maximum Gasteiger partial charge on any atom is 0.203 e. The predicted octanol–water partition coefficient (Wildman–Crippen LogP) is 1.24. The van der Waals surface area contributed by atoms with Crippen LogP contribution in [0, 0.1) is 0 Å². The minimum atomic E-state index is -0.245. The number of aryl methyl sites for hydroxylation is 1. The van der Waals surface area contributed by atoms with E-state index in [1.54, 1.807) is 0 Å². The van der Waals surface area contributed by atoms with E-state index in [-0.39, 0.29) is 23.0 Å². The third-order valence-corrected chi connectivity index (χ3v) is 2.42. The summed E-state index contributed by atoms with van der Waals surface area (Å²) in [5, 5.41) is 19.1. The molecule has 0 spiro atoms. The van der Waals surface area contributed by atoms with Gasteiger partial charge in [0.25, 0.3) is 0 Å². The fraction of sp³-hybridized carbons (Fsp3) is 0.300. The Bertz CT molecular complexity index is 409. The topological polar surface area (TPSA) is 66.8 Å². The van der Waals surface area contributed by atoms with Crippen LogP contribution in [0.5, 0.6) is 17.2 Å². The molecule has 0 fully saturated rings. The zero-order valence-electron chi connectivity index (χ0n) is 7.70. The van der Waals surface area contributed by atoms with Gasteiger partial charge in [0.1, 0.15) is 0 Å². The molecule has 0 heterocycles. The number of methoxy groups -OCH3 is 1. The summed E-state index contributed by atoms with van der Waals surface area (Å²) in [4.78, 5) is 11.4. The Morgan fingerprint density at radius 1 is 1.36 bits per heavy atom. The van der Waals surface area contributed by atoms with Crippen molar-refractivity contribution in [2.75, 3.05) is 7.11 Å². The predicted molar refractivity (Wildman–Crippen MR) is 49.0 cm³/mol. The van der Waals surface area contributed by atoms with E-state index in [0.29, 0.717) is 24.0 Å². The molecule has 4 heteroatoms. The van der Waals surface area contributed by atoms with Crippen LogP contribution in [-0.4, -0.2) is 23.1 Å². The Kier molecular flexibility index (Phi) is 1.84. The number of rotatable bonds is 1. The maximum absolute atomic E-state index is 11.4. The van der Waals surface area contributed by atoms with Gasteiger partial charge in [-0.2, -0.15) is 0 Å². The van der Waals surface area contributed by atoms with Gasteiger partial charge < -0.3 is 14.9 Å². The smallest absolute Gasteiger partial charge is 0.203 e. The van der Waals surface area contributed by atoms with Crippen LogP contribution in [-0.2, 0) is 6.42 Å². The Labute approximate surface area is 80.7 Å². The van der Waals surface area contributed by atoms with Gasteiger partial charge >= 0.3 is 0 Å². The van der Waals surface area contributed by atoms with Crippen molar-refractivity contribution in [3.05, 3.63) is 17.2 Å². The monoisotopic (exact) mass is 194 g/mol. The van der Waals surface area contributed by atoms with Gasteiger partial charge in [-0.05, 0) is 18.1 Å². The second-order valence-electron chi connectivity index (χ2n) is 3.23. The molecule has 2 N–H and O–H groups in total. The van der Waals surface area contributed by atoms with Crippen molar-refractivity contribution in [2.24, 2.45) is 0 Å². The standard InChI is InChI=1S/C10H10O4/c1-14-10-7(12)4-5-2-3-6(11)8(5)9(10)13/h4,12-13H,2-3H2,1H3. The Balaban J connectivity index is 2.70. The molecule has 1 aliphatic rings. The number of phenols is 2. The number of benzene rings is 1. The number of ether oxygens (including phenoxy) is 1. The van der Waals surface area contributed by atoms with Crippen LogP contribution in [0.2, 0.25) is 0 Å². The fourth-order valence-corrected chi connectivity index (χ4v) is 1.77. The zero-order chi connectivity index (χ0) is 10.3. The average Bonchev–Trinajstić information content (AvgIpc) is 2.48. The first-order valence-corrected chi connectivity index (χ1v) is 4.30. The van der Waals surface area contributed by atoms with Gasteiger partial charge in [-0.15, -0.1) is 0 Å². The van der Waals surface area contributed by atoms with E-state index < -0.39 is 0 Å². The second-order valence-corrected chi connectivity index (χ2v) is 3.23. The number of hydrogen-bond donors (Lipinski definition) is 2. The van der Waals surface area contributed by atoms with Gasteiger partial charge in [-0.25, -0.2) is 0 Å². The van der Waals surface area contributed by atoms with Crippen LogP contribution in [0.1, 0.15) is 22.3 Å². The van der Waals surface area contributed by atoms with Crippen molar-refractivity contribution >= 4 is 5.78 Å². The lowest BCUT2D eigenvalue weighted by molar-refractivity contribution is 0.0992. The molecule has 74 valence electrons. The van der Waals surface area contributed by atoms with Gasteiger partial charge in [-0.3, -0.25) is 4.79 Å². The van der Waals surface area contributed by atoms with Crippen LogP contribution >= 0.6 is 0 Å². The number of phenolic OH excluding ortho intramolecular Hbond substituents is 2. The number of aromatic hydroxyl groups is 2. The lowest BCUT2D eigenvalue weighted by Crippen LogP contribution is -1.95. The van der Waals surface area contributed by atoms with E-state index in [9.17, 15) is 15.0 Å². The normalized spacial score (nSPS) is 14.2.